The van der Waals surface area contributed by atoms with Gasteiger partial charge in [0.15, 0.2) is 0 Å². The number of phenolic OH excluding ortho intramolecular Hbond substituents is 1. The summed E-state index contributed by atoms with van der Waals surface area (Å²) in [4.78, 5) is 14.2. The lowest BCUT2D eigenvalue weighted by Crippen LogP contribution is -2.29. The molecule has 2 N–H and O–H groups in total. The van der Waals surface area contributed by atoms with Crippen molar-refractivity contribution >= 4 is 5.91 Å². The van der Waals surface area contributed by atoms with E-state index >= 15 is 0 Å². The largest absolute Gasteiger partial charge is 0.508 e. The number of aromatic hydroxyl groups is 1. The van der Waals surface area contributed by atoms with Gasteiger partial charge >= 0.3 is 0 Å². The molecule has 122 valence electrons. The number of aliphatic hydroxyl groups excluding tert-OH is 1. The van der Waals surface area contributed by atoms with Crippen molar-refractivity contribution in [1.82, 2.24) is 10.1 Å². The molecule has 0 bridgehead atoms. The van der Waals surface area contributed by atoms with Crippen molar-refractivity contribution in [2.75, 3.05) is 13.1 Å². The Morgan fingerprint density at radius 3 is 2.78 bits per heavy atom. The molecule has 2 heterocycles. The van der Waals surface area contributed by atoms with Gasteiger partial charge in [0, 0.05) is 37.1 Å². The fraction of sp³-hybridized carbons (Fsp3) is 0.412. The predicted octanol–water partition coefficient (Wildman–Crippen LogP) is 1.67. The quantitative estimate of drug-likeness (QED) is 0.899. The molecule has 1 amide bonds. The summed E-state index contributed by atoms with van der Waals surface area (Å²) in [6.07, 6.45) is -0.0250. The second-order valence-corrected chi connectivity index (χ2v) is 6.18. The molecular formula is C17H20N2O4. The molecule has 0 radical (unpaired) electrons. The van der Waals surface area contributed by atoms with Crippen LogP contribution in [0.15, 0.2) is 28.8 Å². The summed E-state index contributed by atoms with van der Waals surface area (Å²) in [5, 5.41) is 23.6. The van der Waals surface area contributed by atoms with E-state index in [1.54, 1.807) is 24.0 Å². The topological polar surface area (TPSA) is 86.8 Å². The molecule has 2 unspecified atom stereocenters. The summed E-state index contributed by atoms with van der Waals surface area (Å²) < 4.78 is 5.19. The SMILES string of the molecule is Cc1cc(CC2CN(C(=O)c3ccc(O)c(C)c3)CC2O)on1. The average Bonchev–Trinajstić information content (AvgIpc) is 3.08. The Morgan fingerprint density at radius 1 is 1.35 bits per heavy atom. The maximum Gasteiger partial charge on any atom is 0.253 e. The molecule has 2 aromatic rings. The Balaban J connectivity index is 1.69. The molecule has 1 aromatic carbocycles. The van der Waals surface area contributed by atoms with Crippen LogP contribution in [0.2, 0.25) is 0 Å². The number of phenols is 1. The fourth-order valence-electron chi connectivity index (χ4n) is 2.96. The number of amides is 1. The van der Waals surface area contributed by atoms with E-state index in [4.69, 9.17) is 4.52 Å². The van der Waals surface area contributed by atoms with Crippen molar-refractivity contribution < 1.29 is 19.5 Å². The van der Waals surface area contributed by atoms with Crippen LogP contribution in [-0.4, -0.2) is 45.4 Å². The minimum atomic E-state index is -0.581. The van der Waals surface area contributed by atoms with E-state index < -0.39 is 6.10 Å². The second-order valence-electron chi connectivity index (χ2n) is 6.18. The third kappa shape index (κ3) is 3.22. The zero-order chi connectivity index (χ0) is 16.6. The molecule has 1 aromatic heterocycles. The molecule has 1 fully saturated rings. The van der Waals surface area contributed by atoms with E-state index in [0.717, 1.165) is 11.5 Å². The fourth-order valence-corrected chi connectivity index (χ4v) is 2.96. The van der Waals surface area contributed by atoms with Crippen LogP contribution in [0, 0.1) is 19.8 Å². The number of aryl methyl sites for hydroxylation is 2. The highest BCUT2D eigenvalue weighted by Gasteiger charge is 2.35. The van der Waals surface area contributed by atoms with Gasteiger partial charge in [-0.25, -0.2) is 0 Å². The van der Waals surface area contributed by atoms with Gasteiger partial charge in [-0.3, -0.25) is 4.79 Å². The zero-order valence-corrected chi connectivity index (χ0v) is 13.2. The van der Waals surface area contributed by atoms with Crippen LogP contribution in [0.3, 0.4) is 0 Å². The summed E-state index contributed by atoms with van der Waals surface area (Å²) in [7, 11) is 0. The van der Waals surface area contributed by atoms with Crippen molar-refractivity contribution in [3.63, 3.8) is 0 Å². The highest BCUT2D eigenvalue weighted by molar-refractivity contribution is 5.94. The van der Waals surface area contributed by atoms with Gasteiger partial charge < -0.3 is 19.6 Å². The number of carbonyl (C=O) groups is 1. The number of hydrogen-bond donors (Lipinski definition) is 2. The zero-order valence-electron chi connectivity index (χ0n) is 13.2. The lowest BCUT2D eigenvalue weighted by molar-refractivity contribution is 0.0764. The van der Waals surface area contributed by atoms with Crippen molar-refractivity contribution in [3.05, 3.63) is 46.8 Å². The Hall–Kier alpha value is -2.34. The first-order valence-corrected chi connectivity index (χ1v) is 7.63. The Bertz CT molecular complexity index is 725. The minimum absolute atomic E-state index is 0.0653. The van der Waals surface area contributed by atoms with E-state index in [9.17, 15) is 15.0 Å². The summed E-state index contributed by atoms with van der Waals surface area (Å²) >= 11 is 0. The summed E-state index contributed by atoms with van der Waals surface area (Å²) in [6.45, 7) is 4.37. The Labute approximate surface area is 134 Å². The molecule has 6 heteroatoms. The van der Waals surface area contributed by atoms with Crippen molar-refractivity contribution in [3.8, 4) is 5.75 Å². The van der Waals surface area contributed by atoms with Gasteiger partial charge in [-0.05, 0) is 37.6 Å². The van der Waals surface area contributed by atoms with Gasteiger partial charge in [0.05, 0.1) is 11.8 Å². The summed E-state index contributed by atoms with van der Waals surface area (Å²) in [5.74, 6) is 0.691. The molecule has 2 atom stereocenters. The average molecular weight is 316 g/mol. The maximum absolute atomic E-state index is 12.6. The van der Waals surface area contributed by atoms with Crippen molar-refractivity contribution in [2.45, 2.75) is 26.4 Å². The van der Waals surface area contributed by atoms with Crippen molar-refractivity contribution in [2.24, 2.45) is 5.92 Å². The van der Waals surface area contributed by atoms with Crippen LogP contribution in [0.25, 0.3) is 0 Å². The molecule has 3 rings (SSSR count). The molecule has 0 aliphatic carbocycles. The highest BCUT2D eigenvalue weighted by Crippen LogP contribution is 2.25. The smallest absolute Gasteiger partial charge is 0.253 e. The van der Waals surface area contributed by atoms with E-state index in [-0.39, 0.29) is 17.6 Å². The maximum atomic E-state index is 12.6. The van der Waals surface area contributed by atoms with E-state index in [1.165, 1.54) is 6.07 Å². The van der Waals surface area contributed by atoms with Crippen LogP contribution in [0.1, 0.15) is 27.4 Å². The first-order chi connectivity index (χ1) is 10.9. The van der Waals surface area contributed by atoms with Gasteiger partial charge in [0.1, 0.15) is 11.5 Å². The van der Waals surface area contributed by atoms with Gasteiger partial charge in [0.2, 0.25) is 0 Å². The molecule has 0 saturated carbocycles. The number of aliphatic hydroxyl groups is 1. The summed E-state index contributed by atoms with van der Waals surface area (Å²) in [5.41, 5.74) is 1.98. The monoisotopic (exact) mass is 316 g/mol. The molecule has 1 aliphatic rings. The number of β-amino-alcohol motifs (C(OH)–C–C–N with tert-alkyl or cyclic N) is 1. The molecule has 6 nitrogen and oxygen atoms in total. The van der Waals surface area contributed by atoms with E-state index in [0.29, 0.717) is 30.6 Å². The molecular weight excluding hydrogens is 296 g/mol. The number of rotatable bonds is 3. The molecule has 1 aliphatic heterocycles. The lowest BCUT2D eigenvalue weighted by atomic mass is 10.0. The Morgan fingerprint density at radius 2 is 2.13 bits per heavy atom. The third-order valence-electron chi connectivity index (χ3n) is 4.28. The normalized spacial score (nSPS) is 20.9. The third-order valence-corrected chi connectivity index (χ3v) is 4.28. The van der Waals surface area contributed by atoms with Crippen molar-refractivity contribution in [1.29, 1.82) is 0 Å². The number of hydrogen-bond acceptors (Lipinski definition) is 5. The van der Waals surface area contributed by atoms with E-state index in [1.807, 2.05) is 13.0 Å². The number of carbonyl (C=O) groups excluding carboxylic acids is 1. The van der Waals surface area contributed by atoms with Gasteiger partial charge in [-0.2, -0.15) is 0 Å². The van der Waals surface area contributed by atoms with Crippen LogP contribution >= 0.6 is 0 Å². The van der Waals surface area contributed by atoms with Crippen LogP contribution in [0.4, 0.5) is 0 Å². The molecule has 1 saturated heterocycles. The van der Waals surface area contributed by atoms with Crippen LogP contribution in [0.5, 0.6) is 5.75 Å². The Kier molecular flexibility index (Phi) is 4.09. The van der Waals surface area contributed by atoms with E-state index in [2.05, 4.69) is 5.16 Å². The van der Waals surface area contributed by atoms with Gasteiger partial charge in [0.25, 0.3) is 5.91 Å². The number of aromatic nitrogens is 1. The van der Waals surface area contributed by atoms with Gasteiger partial charge in [-0.1, -0.05) is 5.16 Å². The number of benzene rings is 1. The lowest BCUT2D eigenvalue weighted by Gasteiger charge is -2.16. The van der Waals surface area contributed by atoms with Crippen LogP contribution < -0.4 is 0 Å². The molecule has 23 heavy (non-hydrogen) atoms. The number of nitrogens with zero attached hydrogens (tertiary/aromatic N) is 2. The highest BCUT2D eigenvalue weighted by atomic mass is 16.5. The summed E-state index contributed by atoms with van der Waals surface area (Å²) in [6, 6.07) is 6.63. The first-order valence-electron chi connectivity index (χ1n) is 7.63. The predicted molar refractivity (Wildman–Crippen MR) is 83.2 cm³/mol. The first kappa shape index (κ1) is 15.6. The minimum Gasteiger partial charge on any atom is -0.508 e. The van der Waals surface area contributed by atoms with Crippen LogP contribution in [-0.2, 0) is 6.42 Å². The standard InChI is InChI=1S/C17H20N2O4/c1-10-5-12(3-4-15(10)20)17(22)19-8-13(16(21)9-19)7-14-6-11(2)18-23-14/h3-6,13,16,20-21H,7-9H2,1-2H3. The second kappa shape index (κ2) is 6.04. The van der Waals surface area contributed by atoms with Gasteiger partial charge in [-0.15, -0.1) is 0 Å². The number of likely N-dealkylation sites (tertiary alicyclic amines) is 1. The molecule has 0 spiro atoms.